The lowest BCUT2D eigenvalue weighted by atomic mass is 9.52. The highest BCUT2D eigenvalue weighted by molar-refractivity contribution is 9.10. The second kappa shape index (κ2) is 7.06. The second-order valence-electron chi connectivity index (χ2n) is 8.84. The molecule has 1 amide bonds. The molecule has 2 bridgehead atoms. The van der Waals surface area contributed by atoms with Gasteiger partial charge in [0.25, 0.3) is 0 Å². The highest BCUT2D eigenvalue weighted by Crippen LogP contribution is 2.57. The van der Waals surface area contributed by atoms with Crippen molar-refractivity contribution in [3.05, 3.63) is 34.3 Å². The number of amides is 1. The quantitative estimate of drug-likeness (QED) is 0.682. The summed E-state index contributed by atoms with van der Waals surface area (Å²) in [6.45, 7) is 0.915. The molecular formula is C22H30BrNO. The molecule has 4 saturated carbocycles. The first-order valence-electron chi connectivity index (χ1n) is 10.1. The molecule has 1 aromatic rings. The fraction of sp³-hybridized carbons (Fsp3) is 0.682. The number of hydrogen-bond acceptors (Lipinski definition) is 1. The molecular weight excluding hydrogens is 374 g/mol. The Bertz CT molecular complexity index is 593. The van der Waals surface area contributed by atoms with Crippen LogP contribution in [0.15, 0.2) is 28.7 Å². The Labute approximate surface area is 160 Å². The molecule has 0 heterocycles. The molecule has 25 heavy (non-hydrogen) atoms. The standard InChI is InChI=1S/C22H30BrNO/c23-19-8-6-18(7-9-19)22-13-10-21(11-14-22,12-15-22)16-24-20(25)17-4-2-1-3-5-17/h6-9,17H,1-5,10-16H2,(H,24,25). The van der Waals surface area contributed by atoms with Crippen molar-refractivity contribution in [2.75, 3.05) is 6.54 Å². The van der Waals surface area contributed by atoms with Gasteiger partial charge in [-0.3, -0.25) is 4.79 Å². The number of fused-ring (bicyclic) bond motifs is 3. The minimum absolute atomic E-state index is 0.291. The summed E-state index contributed by atoms with van der Waals surface area (Å²) in [5, 5.41) is 3.35. The predicted molar refractivity (Wildman–Crippen MR) is 106 cm³/mol. The van der Waals surface area contributed by atoms with Gasteiger partial charge >= 0.3 is 0 Å². The molecule has 4 aliphatic carbocycles. The normalized spacial score (nSPS) is 32.5. The molecule has 0 aromatic heterocycles. The van der Waals surface area contributed by atoms with Gasteiger partial charge in [0.05, 0.1) is 0 Å². The monoisotopic (exact) mass is 403 g/mol. The maximum absolute atomic E-state index is 12.5. The van der Waals surface area contributed by atoms with Crippen LogP contribution < -0.4 is 5.32 Å². The Morgan fingerprint density at radius 1 is 0.960 bits per heavy atom. The van der Waals surface area contributed by atoms with Crippen molar-refractivity contribution >= 4 is 21.8 Å². The van der Waals surface area contributed by atoms with Crippen LogP contribution in [0.3, 0.4) is 0 Å². The van der Waals surface area contributed by atoms with Crippen molar-refractivity contribution < 1.29 is 4.79 Å². The molecule has 0 saturated heterocycles. The number of halogens is 1. The van der Waals surface area contributed by atoms with E-state index in [-0.39, 0.29) is 0 Å². The van der Waals surface area contributed by atoms with Crippen LogP contribution in [0.4, 0.5) is 0 Å². The summed E-state index contributed by atoms with van der Waals surface area (Å²) in [5.41, 5.74) is 2.30. The highest BCUT2D eigenvalue weighted by Gasteiger charge is 2.49. The molecule has 1 aromatic carbocycles. The fourth-order valence-corrected chi connectivity index (χ4v) is 5.81. The minimum Gasteiger partial charge on any atom is -0.355 e. The van der Waals surface area contributed by atoms with Crippen molar-refractivity contribution in [1.82, 2.24) is 5.32 Å². The van der Waals surface area contributed by atoms with Crippen LogP contribution in [0, 0.1) is 11.3 Å². The van der Waals surface area contributed by atoms with Crippen molar-refractivity contribution in [2.24, 2.45) is 11.3 Å². The minimum atomic E-state index is 0.291. The van der Waals surface area contributed by atoms with E-state index in [1.165, 1.54) is 67.8 Å². The summed E-state index contributed by atoms with van der Waals surface area (Å²) in [6.07, 6.45) is 13.7. The summed E-state index contributed by atoms with van der Waals surface area (Å²) in [5.74, 6) is 0.628. The molecule has 0 aliphatic heterocycles. The average molecular weight is 404 g/mol. The zero-order valence-corrected chi connectivity index (χ0v) is 16.7. The van der Waals surface area contributed by atoms with E-state index in [0.717, 1.165) is 19.4 Å². The SMILES string of the molecule is O=C(NCC12CCC(c3ccc(Br)cc3)(CC1)CC2)C1CCCCC1. The van der Waals surface area contributed by atoms with Crippen LogP contribution in [0.25, 0.3) is 0 Å². The van der Waals surface area contributed by atoms with Crippen LogP contribution >= 0.6 is 15.9 Å². The van der Waals surface area contributed by atoms with Crippen LogP contribution in [0.2, 0.25) is 0 Å². The largest absolute Gasteiger partial charge is 0.355 e. The number of rotatable bonds is 4. The number of hydrogen-bond donors (Lipinski definition) is 1. The molecule has 2 nitrogen and oxygen atoms in total. The number of nitrogens with one attached hydrogen (secondary N) is 1. The summed E-state index contributed by atoms with van der Waals surface area (Å²) >= 11 is 3.55. The molecule has 3 heteroatoms. The predicted octanol–water partition coefficient (Wildman–Crippen LogP) is 5.74. The van der Waals surface area contributed by atoms with E-state index in [9.17, 15) is 4.79 Å². The van der Waals surface area contributed by atoms with E-state index in [2.05, 4.69) is 45.5 Å². The van der Waals surface area contributed by atoms with Gasteiger partial charge < -0.3 is 5.32 Å². The third-order valence-electron chi connectivity index (χ3n) is 7.47. The molecule has 0 unspecified atom stereocenters. The van der Waals surface area contributed by atoms with E-state index in [0.29, 0.717) is 22.7 Å². The zero-order chi connectivity index (χ0) is 17.3. The lowest BCUT2D eigenvalue weighted by Gasteiger charge is -2.54. The zero-order valence-electron chi connectivity index (χ0n) is 15.2. The lowest BCUT2D eigenvalue weighted by molar-refractivity contribution is -0.127. The fourth-order valence-electron chi connectivity index (χ4n) is 5.55. The number of carbonyl (C=O) groups is 1. The highest BCUT2D eigenvalue weighted by atomic mass is 79.9. The van der Waals surface area contributed by atoms with Crippen LogP contribution in [-0.2, 0) is 10.2 Å². The Morgan fingerprint density at radius 3 is 2.16 bits per heavy atom. The summed E-state index contributed by atoms with van der Waals surface area (Å²) in [6, 6.07) is 9.00. The summed E-state index contributed by atoms with van der Waals surface area (Å²) in [4.78, 5) is 12.5. The smallest absolute Gasteiger partial charge is 0.223 e. The van der Waals surface area contributed by atoms with Gasteiger partial charge in [-0.05, 0) is 79.9 Å². The lowest BCUT2D eigenvalue weighted by Crippen LogP contribution is -2.50. The van der Waals surface area contributed by atoms with Gasteiger partial charge in [-0.2, -0.15) is 0 Å². The van der Waals surface area contributed by atoms with Gasteiger partial charge in [0.2, 0.25) is 5.91 Å². The van der Waals surface area contributed by atoms with Gasteiger partial charge in [0, 0.05) is 16.9 Å². The molecule has 0 atom stereocenters. The van der Waals surface area contributed by atoms with Gasteiger partial charge in [0.1, 0.15) is 0 Å². The van der Waals surface area contributed by atoms with E-state index < -0.39 is 0 Å². The summed E-state index contributed by atoms with van der Waals surface area (Å²) in [7, 11) is 0. The first-order chi connectivity index (χ1) is 12.1. The Balaban J connectivity index is 1.35. The van der Waals surface area contributed by atoms with Crippen LogP contribution in [-0.4, -0.2) is 12.5 Å². The third-order valence-corrected chi connectivity index (χ3v) is 8.00. The van der Waals surface area contributed by atoms with E-state index in [4.69, 9.17) is 0 Å². The van der Waals surface area contributed by atoms with Crippen molar-refractivity contribution in [3.8, 4) is 0 Å². The number of carbonyl (C=O) groups excluding carboxylic acids is 1. The van der Waals surface area contributed by atoms with Crippen molar-refractivity contribution in [2.45, 2.75) is 76.0 Å². The van der Waals surface area contributed by atoms with E-state index in [1.807, 2.05) is 0 Å². The third kappa shape index (κ3) is 3.54. The summed E-state index contributed by atoms with van der Waals surface area (Å²) < 4.78 is 1.17. The topological polar surface area (TPSA) is 29.1 Å². The molecule has 0 spiro atoms. The van der Waals surface area contributed by atoms with Crippen molar-refractivity contribution in [1.29, 1.82) is 0 Å². The van der Waals surface area contributed by atoms with Crippen LogP contribution in [0.5, 0.6) is 0 Å². The molecule has 4 fully saturated rings. The van der Waals surface area contributed by atoms with Gasteiger partial charge in [-0.1, -0.05) is 47.3 Å². The Morgan fingerprint density at radius 2 is 1.56 bits per heavy atom. The molecule has 1 N–H and O–H groups in total. The first-order valence-corrected chi connectivity index (χ1v) is 10.9. The van der Waals surface area contributed by atoms with Gasteiger partial charge in [-0.25, -0.2) is 0 Å². The second-order valence-corrected chi connectivity index (χ2v) is 9.76. The molecule has 136 valence electrons. The molecule has 5 rings (SSSR count). The van der Waals surface area contributed by atoms with Crippen molar-refractivity contribution in [3.63, 3.8) is 0 Å². The Hall–Kier alpha value is -0.830. The maximum atomic E-state index is 12.5. The molecule has 0 radical (unpaired) electrons. The van der Waals surface area contributed by atoms with Gasteiger partial charge in [0.15, 0.2) is 0 Å². The average Bonchev–Trinajstić information content (AvgIpc) is 2.69. The van der Waals surface area contributed by atoms with Crippen LogP contribution in [0.1, 0.15) is 76.2 Å². The first kappa shape index (κ1) is 17.6. The number of benzene rings is 1. The molecule has 4 aliphatic rings. The van der Waals surface area contributed by atoms with E-state index in [1.54, 1.807) is 0 Å². The maximum Gasteiger partial charge on any atom is 0.223 e. The Kier molecular flexibility index (Phi) is 4.96. The van der Waals surface area contributed by atoms with E-state index >= 15 is 0 Å². The van der Waals surface area contributed by atoms with Gasteiger partial charge in [-0.15, -0.1) is 0 Å².